The Hall–Kier alpha value is -1.79. The summed E-state index contributed by atoms with van der Waals surface area (Å²) in [4.78, 5) is 4.79. The summed E-state index contributed by atoms with van der Waals surface area (Å²) in [7, 11) is 0. The molecule has 1 saturated heterocycles. The van der Waals surface area contributed by atoms with E-state index in [2.05, 4.69) is 61.0 Å². The van der Waals surface area contributed by atoms with Crippen LogP contribution in [0.3, 0.4) is 0 Å². The monoisotopic (exact) mass is 390 g/mol. The van der Waals surface area contributed by atoms with Crippen molar-refractivity contribution >= 4 is 11.6 Å². The van der Waals surface area contributed by atoms with Crippen molar-refractivity contribution in [1.82, 2.24) is 10.6 Å². The van der Waals surface area contributed by atoms with Crippen LogP contribution >= 0.6 is 0 Å². The normalized spacial score (nSPS) is 18.3. The number of benzene rings is 1. The molecule has 1 aliphatic heterocycles. The summed E-state index contributed by atoms with van der Waals surface area (Å²) in [5.74, 6) is 1.93. The van der Waals surface area contributed by atoms with Crippen LogP contribution in [0.5, 0.6) is 0 Å². The minimum absolute atomic E-state index is 0.287. The van der Waals surface area contributed by atoms with Gasteiger partial charge >= 0.3 is 0 Å². The van der Waals surface area contributed by atoms with Gasteiger partial charge in [0.15, 0.2) is 5.96 Å². The zero-order valence-corrected chi connectivity index (χ0v) is 17.7. The van der Waals surface area contributed by atoms with Gasteiger partial charge in [0, 0.05) is 44.0 Å². The second-order valence-electron chi connectivity index (χ2n) is 7.67. The quantitative estimate of drug-likeness (QED) is 0.291. The summed E-state index contributed by atoms with van der Waals surface area (Å²) in [6.45, 7) is 12.3. The molecule has 0 spiro atoms. The first kappa shape index (κ1) is 22.5. The molecule has 0 bridgehead atoms. The van der Waals surface area contributed by atoms with Crippen LogP contribution in [0.25, 0.3) is 0 Å². The standard InChI is InChI=1S/C22H38N4O2/c1-4-23-22(24-12-8-13-27-16-19-11-14-28-17-19)25-15-21(18(2)3)26-20-9-6-5-7-10-20/h5-7,9-10,18-19,21,26H,4,8,11-17H2,1-3H3,(H2,23,24,25). The van der Waals surface area contributed by atoms with Crippen molar-refractivity contribution in [2.75, 3.05) is 51.4 Å². The lowest BCUT2D eigenvalue weighted by Crippen LogP contribution is -2.39. The predicted octanol–water partition coefficient (Wildman–Crippen LogP) is 3.12. The van der Waals surface area contributed by atoms with Gasteiger partial charge in [0.25, 0.3) is 0 Å². The lowest BCUT2D eigenvalue weighted by atomic mass is 10.0. The summed E-state index contributed by atoms with van der Waals surface area (Å²) in [6.07, 6.45) is 2.09. The second kappa shape index (κ2) is 13.4. The lowest BCUT2D eigenvalue weighted by Gasteiger charge is -2.22. The average Bonchev–Trinajstić information content (AvgIpc) is 3.21. The van der Waals surface area contributed by atoms with Crippen molar-refractivity contribution in [3.8, 4) is 0 Å². The Balaban J connectivity index is 1.71. The Morgan fingerprint density at radius 3 is 2.75 bits per heavy atom. The summed E-state index contributed by atoms with van der Waals surface area (Å²) in [5, 5.41) is 10.3. The zero-order valence-electron chi connectivity index (χ0n) is 17.7. The average molecular weight is 391 g/mol. The number of rotatable bonds is 12. The number of nitrogens with zero attached hydrogens (tertiary/aromatic N) is 1. The number of aliphatic imine (C=N–C) groups is 1. The Kier molecular flexibility index (Phi) is 10.8. The van der Waals surface area contributed by atoms with E-state index in [0.29, 0.717) is 11.8 Å². The van der Waals surface area contributed by atoms with Crippen LogP contribution in [0.15, 0.2) is 35.3 Å². The molecule has 2 rings (SSSR count). The van der Waals surface area contributed by atoms with E-state index in [-0.39, 0.29) is 6.04 Å². The Bertz CT molecular complexity index is 545. The van der Waals surface area contributed by atoms with Gasteiger partial charge < -0.3 is 25.4 Å². The topological polar surface area (TPSA) is 66.9 Å². The maximum atomic E-state index is 5.77. The first-order chi connectivity index (χ1) is 13.7. The highest BCUT2D eigenvalue weighted by molar-refractivity contribution is 5.79. The molecular weight excluding hydrogens is 352 g/mol. The van der Waals surface area contributed by atoms with Gasteiger partial charge in [-0.3, -0.25) is 4.99 Å². The number of hydrogen-bond donors (Lipinski definition) is 3. The van der Waals surface area contributed by atoms with Gasteiger partial charge in [0.2, 0.25) is 0 Å². The fourth-order valence-corrected chi connectivity index (χ4v) is 3.05. The summed E-state index contributed by atoms with van der Waals surface area (Å²) < 4.78 is 11.1. The maximum absolute atomic E-state index is 5.77. The van der Waals surface area contributed by atoms with Gasteiger partial charge in [-0.2, -0.15) is 0 Å². The molecule has 158 valence electrons. The third kappa shape index (κ3) is 8.93. The second-order valence-corrected chi connectivity index (χ2v) is 7.67. The van der Waals surface area contributed by atoms with Gasteiger partial charge in [-0.1, -0.05) is 32.0 Å². The maximum Gasteiger partial charge on any atom is 0.191 e. The molecular formula is C22H38N4O2. The van der Waals surface area contributed by atoms with E-state index < -0.39 is 0 Å². The highest BCUT2D eigenvalue weighted by Crippen LogP contribution is 2.13. The summed E-state index contributed by atoms with van der Waals surface area (Å²) in [6, 6.07) is 10.6. The van der Waals surface area contributed by atoms with Crippen LogP contribution in [-0.4, -0.2) is 58.1 Å². The Labute approximate surface area is 170 Å². The molecule has 3 N–H and O–H groups in total. The third-order valence-electron chi connectivity index (χ3n) is 4.86. The molecule has 1 aromatic rings. The molecule has 0 amide bonds. The number of ether oxygens (including phenoxy) is 2. The molecule has 2 atom stereocenters. The van der Waals surface area contributed by atoms with E-state index in [1.54, 1.807) is 0 Å². The lowest BCUT2D eigenvalue weighted by molar-refractivity contribution is 0.0888. The van der Waals surface area contributed by atoms with Gasteiger partial charge in [0.05, 0.1) is 19.8 Å². The van der Waals surface area contributed by atoms with Crippen molar-refractivity contribution in [3.63, 3.8) is 0 Å². The largest absolute Gasteiger partial charge is 0.381 e. The summed E-state index contributed by atoms with van der Waals surface area (Å²) >= 11 is 0. The van der Waals surface area contributed by atoms with Crippen molar-refractivity contribution in [2.45, 2.75) is 39.7 Å². The molecule has 28 heavy (non-hydrogen) atoms. The molecule has 1 fully saturated rings. The van der Waals surface area contributed by atoms with Crippen molar-refractivity contribution < 1.29 is 9.47 Å². The summed E-state index contributed by atoms with van der Waals surface area (Å²) in [5.41, 5.74) is 1.14. The van der Waals surface area contributed by atoms with E-state index in [4.69, 9.17) is 14.5 Å². The molecule has 1 aromatic carbocycles. The molecule has 6 nitrogen and oxygen atoms in total. The first-order valence-electron chi connectivity index (χ1n) is 10.7. The van der Waals surface area contributed by atoms with E-state index in [0.717, 1.165) is 70.6 Å². The molecule has 0 saturated carbocycles. The highest BCUT2D eigenvalue weighted by atomic mass is 16.5. The van der Waals surface area contributed by atoms with Gasteiger partial charge in [-0.05, 0) is 37.8 Å². The molecule has 0 radical (unpaired) electrons. The van der Waals surface area contributed by atoms with Crippen molar-refractivity contribution in [1.29, 1.82) is 0 Å². The number of anilines is 1. The zero-order chi connectivity index (χ0) is 20.0. The van der Waals surface area contributed by atoms with Crippen LogP contribution < -0.4 is 16.0 Å². The van der Waals surface area contributed by atoms with Crippen LogP contribution in [0.1, 0.15) is 33.6 Å². The Morgan fingerprint density at radius 2 is 2.07 bits per heavy atom. The van der Waals surface area contributed by atoms with Crippen LogP contribution in [0, 0.1) is 11.8 Å². The van der Waals surface area contributed by atoms with E-state index in [9.17, 15) is 0 Å². The minimum Gasteiger partial charge on any atom is -0.381 e. The Morgan fingerprint density at radius 1 is 1.25 bits per heavy atom. The number of guanidine groups is 1. The smallest absolute Gasteiger partial charge is 0.191 e. The number of para-hydroxylation sites is 1. The highest BCUT2D eigenvalue weighted by Gasteiger charge is 2.15. The predicted molar refractivity (Wildman–Crippen MR) is 117 cm³/mol. The van der Waals surface area contributed by atoms with E-state index in [1.807, 2.05) is 6.07 Å². The molecule has 6 heteroatoms. The molecule has 1 heterocycles. The van der Waals surface area contributed by atoms with Gasteiger partial charge in [0.1, 0.15) is 0 Å². The first-order valence-corrected chi connectivity index (χ1v) is 10.7. The van der Waals surface area contributed by atoms with Crippen LogP contribution in [-0.2, 0) is 9.47 Å². The SMILES string of the molecule is CCNC(=NCC(Nc1ccccc1)C(C)C)NCCCOCC1CCOC1. The fraction of sp³-hybridized carbons (Fsp3) is 0.682. The number of hydrogen-bond acceptors (Lipinski definition) is 4. The molecule has 0 aliphatic carbocycles. The van der Waals surface area contributed by atoms with Crippen molar-refractivity contribution in [2.24, 2.45) is 16.8 Å². The van der Waals surface area contributed by atoms with E-state index in [1.165, 1.54) is 0 Å². The van der Waals surface area contributed by atoms with E-state index >= 15 is 0 Å². The third-order valence-corrected chi connectivity index (χ3v) is 4.86. The fourth-order valence-electron chi connectivity index (χ4n) is 3.05. The molecule has 0 aromatic heterocycles. The number of nitrogens with one attached hydrogen (secondary N) is 3. The van der Waals surface area contributed by atoms with Crippen LogP contribution in [0.4, 0.5) is 5.69 Å². The minimum atomic E-state index is 0.287. The molecule has 1 aliphatic rings. The van der Waals surface area contributed by atoms with Crippen molar-refractivity contribution in [3.05, 3.63) is 30.3 Å². The van der Waals surface area contributed by atoms with Crippen LogP contribution in [0.2, 0.25) is 0 Å². The molecule has 2 unspecified atom stereocenters. The van der Waals surface area contributed by atoms with Gasteiger partial charge in [-0.25, -0.2) is 0 Å². The van der Waals surface area contributed by atoms with Gasteiger partial charge in [-0.15, -0.1) is 0 Å².